The first-order valence-electron chi connectivity index (χ1n) is 12.2. The molecule has 1 aromatic heterocycles. The number of rotatable bonds is 6. The van der Waals surface area contributed by atoms with Crippen LogP contribution in [0.5, 0.6) is 5.75 Å². The number of benzene rings is 1. The molecule has 3 N–H and O–H groups in total. The maximum absolute atomic E-state index is 12.7. The van der Waals surface area contributed by atoms with Crippen molar-refractivity contribution >= 4 is 27.6 Å². The monoisotopic (exact) mass is 497 g/mol. The number of carbonyl (C=O) groups is 1. The van der Waals surface area contributed by atoms with Crippen molar-refractivity contribution in [1.29, 1.82) is 0 Å². The van der Waals surface area contributed by atoms with E-state index >= 15 is 0 Å². The van der Waals surface area contributed by atoms with Crippen molar-refractivity contribution < 1.29 is 17.9 Å². The van der Waals surface area contributed by atoms with Gasteiger partial charge in [0.15, 0.2) is 0 Å². The highest BCUT2D eigenvalue weighted by Gasteiger charge is 2.27. The van der Waals surface area contributed by atoms with Crippen LogP contribution in [0.3, 0.4) is 0 Å². The van der Waals surface area contributed by atoms with E-state index in [4.69, 9.17) is 10.5 Å². The fraction of sp³-hybridized carbons (Fsp3) is 0.480. The lowest BCUT2D eigenvalue weighted by atomic mass is 9.98. The Labute approximate surface area is 205 Å². The molecule has 9 nitrogen and oxygen atoms in total. The molecule has 1 atom stereocenters. The Bertz CT molecular complexity index is 1240. The van der Waals surface area contributed by atoms with Crippen LogP contribution >= 0.6 is 0 Å². The molecule has 0 radical (unpaired) electrons. The number of piperidine rings is 1. The van der Waals surface area contributed by atoms with Crippen LogP contribution in [0.2, 0.25) is 0 Å². The van der Waals surface area contributed by atoms with E-state index in [1.54, 1.807) is 30.5 Å². The van der Waals surface area contributed by atoms with Gasteiger partial charge in [-0.2, -0.15) is 0 Å². The summed E-state index contributed by atoms with van der Waals surface area (Å²) in [6, 6.07) is 9.24. The van der Waals surface area contributed by atoms with E-state index in [2.05, 4.69) is 19.6 Å². The third kappa shape index (κ3) is 5.42. The van der Waals surface area contributed by atoms with Crippen molar-refractivity contribution in [2.45, 2.75) is 50.3 Å². The maximum atomic E-state index is 12.7. The van der Waals surface area contributed by atoms with Crippen LogP contribution in [0, 0.1) is 5.92 Å². The van der Waals surface area contributed by atoms with Gasteiger partial charge in [0, 0.05) is 36.8 Å². The molecule has 186 valence electrons. The third-order valence-electron chi connectivity index (χ3n) is 6.96. The number of anilines is 1. The summed E-state index contributed by atoms with van der Waals surface area (Å²) in [5.74, 6) is 1.37. The minimum Gasteiger partial charge on any atom is -0.492 e. The Hall–Kier alpha value is -3.14. The molecule has 3 aliphatic rings. The molecule has 35 heavy (non-hydrogen) atoms. The van der Waals surface area contributed by atoms with Crippen LogP contribution in [-0.2, 0) is 15.8 Å². The van der Waals surface area contributed by atoms with Gasteiger partial charge in [0.25, 0.3) is 15.9 Å². The number of nitrogens with zero attached hydrogens (tertiary/aromatic N) is 3. The van der Waals surface area contributed by atoms with Crippen molar-refractivity contribution in [3.8, 4) is 5.75 Å². The van der Waals surface area contributed by atoms with Gasteiger partial charge in [-0.25, -0.2) is 13.4 Å². The van der Waals surface area contributed by atoms with E-state index in [1.165, 1.54) is 12.8 Å². The van der Waals surface area contributed by atoms with E-state index in [0.29, 0.717) is 29.0 Å². The Morgan fingerprint density at radius 3 is 2.83 bits per heavy atom. The van der Waals surface area contributed by atoms with E-state index in [1.807, 2.05) is 6.07 Å². The summed E-state index contributed by atoms with van der Waals surface area (Å²) in [5.41, 5.74) is 7.78. The van der Waals surface area contributed by atoms with Crippen molar-refractivity contribution in [2.24, 2.45) is 16.0 Å². The molecule has 5 rings (SSSR count). The number of ether oxygens (including phenoxy) is 1. The summed E-state index contributed by atoms with van der Waals surface area (Å²) in [6.45, 7) is 2.10. The number of aromatic nitrogens is 1. The number of nitrogens with two attached hydrogens (primary N) is 1. The van der Waals surface area contributed by atoms with E-state index < -0.39 is 10.0 Å². The Morgan fingerprint density at radius 2 is 2.00 bits per heavy atom. The minimum absolute atomic E-state index is 0.0241. The Balaban J connectivity index is 1.24. The number of nitrogens with one attached hydrogen (secondary N) is 1. The summed E-state index contributed by atoms with van der Waals surface area (Å²) in [7, 11) is -3.59. The number of fused-ring (bicyclic) bond motifs is 1. The number of hydrogen-bond donors (Lipinski definition) is 2. The topological polar surface area (TPSA) is 127 Å². The van der Waals surface area contributed by atoms with Gasteiger partial charge in [-0.3, -0.25) is 4.79 Å². The number of carbonyl (C=O) groups excluding carboxylic acids is 1. The van der Waals surface area contributed by atoms with Gasteiger partial charge in [0.05, 0.1) is 17.9 Å². The lowest BCUT2D eigenvalue weighted by molar-refractivity contribution is 0.0937. The molecule has 1 saturated heterocycles. The van der Waals surface area contributed by atoms with Crippen LogP contribution < -0.4 is 20.7 Å². The SMILES string of the molecule is NC1=NS(=O)(=O)Cc2cccc(OC[C@H]3CCCN(c4cc(C(=O)NC5CCCC5)ccn4)C3)c21. The molecule has 2 aliphatic heterocycles. The molecular weight excluding hydrogens is 466 g/mol. The number of amides is 1. The van der Waals surface area contributed by atoms with Crippen LogP contribution in [0.1, 0.15) is 60.0 Å². The van der Waals surface area contributed by atoms with Gasteiger partial charge in [0.1, 0.15) is 17.4 Å². The normalized spacial score (nSPS) is 21.8. The molecule has 1 aliphatic carbocycles. The molecule has 2 fully saturated rings. The highest BCUT2D eigenvalue weighted by Crippen LogP contribution is 2.30. The fourth-order valence-corrected chi connectivity index (χ4v) is 6.31. The Kier molecular flexibility index (Phi) is 6.64. The third-order valence-corrected chi connectivity index (χ3v) is 8.11. The van der Waals surface area contributed by atoms with Crippen LogP contribution in [0.25, 0.3) is 0 Å². The molecule has 10 heteroatoms. The van der Waals surface area contributed by atoms with E-state index in [9.17, 15) is 13.2 Å². The first-order chi connectivity index (χ1) is 16.9. The number of amidine groups is 1. The molecule has 0 unspecified atom stereocenters. The number of pyridine rings is 1. The van der Waals surface area contributed by atoms with Gasteiger partial charge in [0.2, 0.25) is 0 Å². The van der Waals surface area contributed by atoms with Crippen molar-refractivity contribution in [1.82, 2.24) is 10.3 Å². The maximum Gasteiger partial charge on any atom is 0.259 e. The van der Waals surface area contributed by atoms with Gasteiger partial charge < -0.3 is 20.7 Å². The zero-order valence-corrected chi connectivity index (χ0v) is 20.5. The molecule has 3 heterocycles. The summed E-state index contributed by atoms with van der Waals surface area (Å²) >= 11 is 0. The van der Waals surface area contributed by atoms with E-state index in [-0.39, 0.29) is 29.5 Å². The number of hydrogen-bond acceptors (Lipinski definition) is 7. The van der Waals surface area contributed by atoms with Gasteiger partial charge in [-0.05, 0) is 49.4 Å². The lowest BCUT2D eigenvalue weighted by Crippen LogP contribution is -2.38. The average Bonchev–Trinajstić information content (AvgIpc) is 3.35. The second-order valence-corrected chi connectivity index (χ2v) is 11.3. The predicted molar refractivity (Wildman–Crippen MR) is 134 cm³/mol. The predicted octanol–water partition coefficient (Wildman–Crippen LogP) is 2.60. The second-order valence-electron chi connectivity index (χ2n) is 9.62. The molecule has 1 saturated carbocycles. The molecule has 0 spiro atoms. The van der Waals surface area contributed by atoms with Gasteiger partial charge in [-0.15, -0.1) is 4.40 Å². The molecule has 1 aromatic carbocycles. The summed E-state index contributed by atoms with van der Waals surface area (Å²) < 4.78 is 33.6. The highest BCUT2D eigenvalue weighted by molar-refractivity contribution is 7.89. The van der Waals surface area contributed by atoms with Crippen molar-refractivity contribution in [3.63, 3.8) is 0 Å². The summed E-state index contributed by atoms with van der Waals surface area (Å²) in [4.78, 5) is 19.4. The molecule has 2 aromatic rings. The van der Waals surface area contributed by atoms with Gasteiger partial charge >= 0.3 is 0 Å². The van der Waals surface area contributed by atoms with Gasteiger partial charge in [-0.1, -0.05) is 25.0 Å². The minimum atomic E-state index is -3.59. The van der Waals surface area contributed by atoms with Crippen LogP contribution in [0.4, 0.5) is 5.82 Å². The first-order valence-corrected chi connectivity index (χ1v) is 13.8. The standard InChI is InChI=1S/C25H31N5O4S/c26-24-23-19(16-35(32,33)29-24)6-3-9-21(23)34-15-17-5-4-12-30(14-17)22-13-18(10-11-27-22)25(31)28-20-7-1-2-8-20/h3,6,9-11,13,17,20H,1-2,4-5,7-8,12,14-16H2,(H2,26,29)(H,28,31)/t17-/m0/s1. The zero-order chi connectivity index (χ0) is 24.4. The fourth-order valence-electron chi connectivity index (χ4n) is 5.22. The average molecular weight is 498 g/mol. The Morgan fingerprint density at radius 1 is 1.17 bits per heavy atom. The zero-order valence-electron chi connectivity index (χ0n) is 19.7. The highest BCUT2D eigenvalue weighted by atomic mass is 32.2. The largest absolute Gasteiger partial charge is 0.492 e. The number of sulfonamides is 1. The molecular formula is C25H31N5O4S. The smallest absolute Gasteiger partial charge is 0.259 e. The lowest BCUT2D eigenvalue weighted by Gasteiger charge is -2.33. The first kappa shape index (κ1) is 23.6. The van der Waals surface area contributed by atoms with Crippen molar-refractivity contribution in [2.75, 3.05) is 24.6 Å². The molecule has 0 bridgehead atoms. The van der Waals surface area contributed by atoms with Crippen molar-refractivity contribution in [3.05, 3.63) is 53.2 Å². The second kappa shape index (κ2) is 9.85. The van der Waals surface area contributed by atoms with Crippen LogP contribution in [-0.4, -0.2) is 50.9 Å². The van der Waals surface area contributed by atoms with E-state index in [0.717, 1.165) is 44.6 Å². The van der Waals surface area contributed by atoms with Crippen LogP contribution in [0.15, 0.2) is 40.9 Å². The summed E-state index contributed by atoms with van der Waals surface area (Å²) in [6.07, 6.45) is 8.15. The summed E-state index contributed by atoms with van der Waals surface area (Å²) in [5, 5.41) is 3.14. The quantitative estimate of drug-likeness (QED) is 0.628. The molecule has 1 amide bonds.